The van der Waals surface area contributed by atoms with E-state index < -0.39 is 11.9 Å². The first-order valence-corrected chi connectivity index (χ1v) is 11.0. The van der Waals surface area contributed by atoms with E-state index in [0.29, 0.717) is 33.1 Å². The number of ether oxygens (including phenoxy) is 1. The second-order valence-electron chi connectivity index (χ2n) is 7.47. The van der Waals surface area contributed by atoms with Crippen molar-refractivity contribution in [2.45, 2.75) is 6.42 Å². The lowest BCUT2D eigenvalue weighted by Gasteiger charge is -2.22. The molecule has 0 atom stereocenters. The number of fused-ring (bicyclic) bond motifs is 1. The highest BCUT2D eigenvalue weighted by atomic mass is 35.5. The summed E-state index contributed by atoms with van der Waals surface area (Å²) in [6, 6.07) is 9.36. The third-order valence-electron chi connectivity index (χ3n) is 5.35. The normalized spacial score (nSPS) is 10.9. The largest absolute Gasteiger partial charge is 0.468 e. The molecule has 0 spiro atoms. The van der Waals surface area contributed by atoms with Gasteiger partial charge >= 0.3 is 5.97 Å². The first-order chi connectivity index (χ1) is 16.4. The highest BCUT2D eigenvalue weighted by Gasteiger charge is 2.24. The molecule has 0 aliphatic rings. The van der Waals surface area contributed by atoms with Crippen molar-refractivity contribution in [1.82, 2.24) is 19.9 Å². The number of esters is 1. The van der Waals surface area contributed by atoms with E-state index in [1.807, 2.05) is 0 Å². The fourth-order valence-corrected chi connectivity index (χ4v) is 3.91. The van der Waals surface area contributed by atoms with Crippen molar-refractivity contribution in [3.8, 4) is 11.3 Å². The molecule has 0 saturated carbocycles. The van der Waals surface area contributed by atoms with Crippen molar-refractivity contribution in [1.29, 1.82) is 0 Å². The summed E-state index contributed by atoms with van der Waals surface area (Å²) in [5.74, 6) is -1.40. The van der Waals surface area contributed by atoms with Gasteiger partial charge < -0.3 is 14.6 Å². The summed E-state index contributed by atoms with van der Waals surface area (Å²) in [4.78, 5) is 38.3. The molecule has 7 nitrogen and oxygen atoms in total. The molecule has 0 bridgehead atoms. The molecule has 0 radical (unpaired) electrons. The number of rotatable bonds is 7. The van der Waals surface area contributed by atoms with Crippen molar-refractivity contribution < 1.29 is 18.7 Å². The van der Waals surface area contributed by atoms with Crippen LogP contribution in [0.5, 0.6) is 0 Å². The molecule has 10 heteroatoms. The molecule has 174 valence electrons. The van der Waals surface area contributed by atoms with Gasteiger partial charge in [-0.2, -0.15) is 0 Å². The zero-order chi connectivity index (χ0) is 24.2. The zero-order valence-corrected chi connectivity index (χ0v) is 19.5. The number of aromatic amines is 1. The standard InChI is InChI=1S/C24H19Cl2FN4O3/c1-34-22(32)12-31(7-6-15-10-29-21-5-3-16(27)9-17(15)21)24(33)18-11-28-13-30-23(18)14-2-4-19(25)20(26)8-14/h2-5,8-11,13,29H,6-7,12H2,1H3. The Balaban J connectivity index is 1.65. The molecule has 0 aliphatic heterocycles. The average Bonchev–Trinajstić information content (AvgIpc) is 3.24. The summed E-state index contributed by atoms with van der Waals surface area (Å²) in [6.07, 6.45) is 4.85. The van der Waals surface area contributed by atoms with Gasteiger partial charge in [-0.1, -0.05) is 29.3 Å². The van der Waals surface area contributed by atoms with Gasteiger partial charge in [0, 0.05) is 35.4 Å². The number of carbonyl (C=O) groups is 2. The van der Waals surface area contributed by atoms with Gasteiger partial charge in [0.2, 0.25) is 0 Å². The van der Waals surface area contributed by atoms with E-state index in [2.05, 4.69) is 15.0 Å². The molecular formula is C24H19Cl2FN4O3. The summed E-state index contributed by atoms with van der Waals surface area (Å²) >= 11 is 12.2. The van der Waals surface area contributed by atoms with E-state index in [1.54, 1.807) is 30.5 Å². The highest BCUT2D eigenvalue weighted by Crippen LogP contribution is 2.29. The summed E-state index contributed by atoms with van der Waals surface area (Å²) in [6.45, 7) is -0.102. The maximum absolute atomic E-state index is 13.7. The Hall–Kier alpha value is -3.49. The maximum atomic E-state index is 13.7. The molecule has 1 amide bonds. The number of H-pyrrole nitrogens is 1. The number of aromatic nitrogens is 3. The Kier molecular flexibility index (Phi) is 7.09. The van der Waals surface area contributed by atoms with Gasteiger partial charge in [-0.05, 0) is 42.3 Å². The van der Waals surface area contributed by atoms with Gasteiger partial charge in [-0.3, -0.25) is 9.59 Å². The monoisotopic (exact) mass is 500 g/mol. The highest BCUT2D eigenvalue weighted by molar-refractivity contribution is 6.42. The molecule has 2 heterocycles. The minimum atomic E-state index is -0.578. The van der Waals surface area contributed by atoms with Crippen LogP contribution in [0.15, 0.2) is 55.1 Å². The number of carbonyl (C=O) groups excluding carboxylic acids is 2. The van der Waals surface area contributed by atoms with Gasteiger partial charge in [-0.25, -0.2) is 14.4 Å². The van der Waals surface area contributed by atoms with E-state index in [0.717, 1.165) is 11.1 Å². The van der Waals surface area contributed by atoms with Crippen molar-refractivity contribution >= 4 is 46.0 Å². The Morgan fingerprint density at radius 1 is 1.15 bits per heavy atom. The van der Waals surface area contributed by atoms with Crippen LogP contribution in [-0.4, -0.2) is 51.9 Å². The van der Waals surface area contributed by atoms with Crippen LogP contribution in [0.4, 0.5) is 4.39 Å². The molecule has 2 aromatic heterocycles. The molecular weight excluding hydrogens is 482 g/mol. The zero-order valence-electron chi connectivity index (χ0n) is 18.0. The second-order valence-corrected chi connectivity index (χ2v) is 8.28. The number of hydrogen-bond donors (Lipinski definition) is 1. The Bertz CT molecular complexity index is 1380. The van der Waals surface area contributed by atoms with Crippen LogP contribution in [0, 0.1) is 5.82 Å². The van der Waals surface area contributed by atoms with Crippen LogP contribution in [0.1, 0.15) is 15.9 Å². The van der Waals surface area contributed by atoms with Crippen molar-refractivity contribution in [2.24, 2.45) is 0 Å². The Morgan fingerprint density at radius 2 is 1.97 bits per heavy atom. The van der Waals surface area contributed by atoms with Gasteiger partial charge in [0.25, 0.3) is 5.91 Å². The van der Waals surface area contributed by atoms with Crippen LogP contribution >= 0.6 is 23.2 Å². The Labute approximate surface area is 204 Å². The number of amides is 1. The smallest absolute Gasteiger partial charge is 0.325 e. The fraction of sp³-hybridized carbons (Fsp3) is 0.167. The molecule has 4 rings (SSSR count). The van der Waals surface area contributed by atoms with Crippen LogP contribution in [0.25, 0.3) is 22.2 Å². The number of benzene rings is 2. The quantitative estimate of drug-likeness (QED) is 0.363. The minimum absolute atomic E-state index is 0.174. The van der Waals surface area contributed by atoms with E-state index in [9.17, 15) is 14.0 Å². The molecule has 0 saturated heterocycles. The predicted octanol–water partition coefficient (Wildman–Crippen LogP) is 4.93. The summed E-state index contributed by atoms with van der Waals surface area (Å²) in [7, 11) is 1.25. The first-order valence-electron chi connectivity index (χ1n) is 10.2. The molecule has 0 fully saturated rings. The molecule has 0 unspecified atom stereocenters. The van der Waals surface area contributed by atoms with E-state index in [-0.39, 0.29) is 24.5 Å². The first kappa shape index (κ1) is 23.7. The maximum Gasteiger partial charge on any atom is 0.325 e. The lowest BCUT2D eigenvalue weighted by molar-refractivity contribution is -0.141. The van der Waals surface area contributed by atoms with Crippen molar-refractivity contribution in [2.75, 3.05) is 20.2 Å². The molecule has 34 heavy (non-hydrogen) atoms. The number of methoxy groups -OCH3 is 1. The molecule has 4 aromatic rings. The van der Waals surface area contributed by atoms with Crippen LogP contribution in [-0.2, 0) is 16.0 Å². The number of hydrogen-bond acceptors (Lipinski definition) is 5. The number of nitrogens with zero attached hydrogens (tertiary/aromatic N) is 3. The van der Waals surface area contributed by atoms with E-state index in [1.165, 1.54) is 36.7 Å². The Morgan fingerprint density at radius 3 is 2.74 bits per heavy atom. The molecule has 2 aromatic carbocycles. The van der Waals surface area contributed by atoms with Crippen LogP contribution < -0.4 is 0 Å². The molecule has 0 aliphatic carbocycles. The SMILES string of the molecule is COC(=O)CN(CCc1c[nH]c2ccc(F)cc12)C(=O)c1cncnc1-c1ccc(Cl)c(Cl)c1. The van der Waals surface area contributed by atoms with Crippen molar-refractivity contribution in [3.05, 3.63) is 82.1 Å². The lowest BCUT2D eigenvalue weighted by atomic mass is 10.1. The predicted molar refractivity (Wildman–Crippen MR) is 127 cm³/mol. The van der Waals surface area contributed by atoms with Crippen LogP contribution in [0.2, 0.25) is 10.0 Å². The number of nitrogens with one attached hydrogen (secondary N) is 1. The third kappa shape index (κ3) is 5.03. The van der Waals surface area contributed by atoms with Crippen LogP contribution in [0.3, 0.4) is 0 Å². The summed E-state index contributed by atoms with van der Waals surface area (Å²) in [5, 5.41) is 1.40. The topological polar surface area (TPSA) is 88.2 Å². The fourth-order valence-electron chi connectivity index (χ4n) is 3.62. The van der Waals surface area contributed by atoms with Gasteiger partial charge in [0.1, 0.15) is 18.7 Å². The average molecular weight is 501 g/mol. The third-order valence-corrected chi connectivity index (χ3v) is 6.09. The summed E-state index contributed by atoms with van der Waals surface area (Å²) in [5.41, 5.74) is 2.70. The molecule has 1 N–H and O–H groups in total. The lowest BCUT2D eigenvalue weighted by Crippen LogP contribution is -2.38. The minimum Gasteiger partial charge on any atom is -0.468 e. The van der Waals surface area contributed by atoms with Gasteiger partial charge in [-0.15, -0.1) is 0 Å². The second kappa shape index (κ2) is 10.2. The van der Waals surface area contributed by atoms with E-state index >= 15 is 0 Å². The summed E-state index contributed by atoms with van der Waals surface area (Å²) < 4.78 is 18.5. The number of halogens is 3. The van der Waals surface area contributed by atoms with E-state index in [4.69, 9.17) is 27.9 Å². The van der Waals surface area contributed by atoms with Gasteiger partial charge in [0.15, 0.2) is 0 Å². The van der Waals surface area contributed by atoms with Gasteiger partial charge in [0.05, 0.1) is 28.4 Å². The van der Waals surface area contributed by atoms with Crippen molar-refractivity contribution in [3.63, 3.8) is 0 Å².